The van der Waals surface area contributed by atoms with Crippen LogP contribution < -0.4 is 11.1 Å². The fourth-order valence-corrected chi connectivity index (χ4v) is 3.53. The molecule has 4 N–H and O–H groups in total. The topological polar surface area (TPSA) is 110 Å². The number of aryl methyl sites for hydroxylation is 1. The Labute approximate surface area is 158 Å². The molecule has 1 aliphatic rings. The van der Waals surface area contributed by atoms with Gasteiger partial charge >= 0.3 is 5.97 Å². The van der Waals surface area contributed by atoms with Crippen molar-refractivity contribution in [1.82, 2.24) is 14.9 Å². The van der Waals surface area contributed by atoms with E-state index in [9.17, 15) is 9.59 Å². The van der Waals surface area contributed by atoms with Crippen molar-refractivity contribution in [1.29, 1.82) is 0 Å². The van der Waals surface area contributed by atoms with Gasteiger partial charge in [0.05, 0.1) is 12.1 Å². The molecular formula is C20H26N4O3. The number of amides is 1. The van der Waals surface area contributed by atoms with Gasteiger partial charge in [-0.3, -0.25) is 9.59 Å². The molecule has 1 aliphatic carbocycles. The minimum absolute atomic E-state index is 0.0913. The van der Waals surface area contributed by atoms with Crippen LogP contribution in [-0.4, -0.2) is 39.1 Å². The van der Waals surface area contributed by atoms with Gasteiger partial charge in [0.15, 0.2) is 0 Å². The summed E-state index contributed by atoms with van der Waals surface area (Å²) < 4.78 is 2.02. The molecule has 27 heavy (non-hydrogen) atoms. The molecule has 7 nitrogen and oxygen atoms in total. The molecule has 1 aromatic heterocycles. The fourth-order valence-electron chi connectivity index (χ4n) is 3.53. The summed E-state index contributed by atoms with van der Waals surface area (Å²) in [5.74, 6) is 0.125. The molecule has 0 bridgehead atoms. The number of nitrogens with two attached hydrogens (primary N) is 1. The molecule has 144 valence electrons. The second-order valence-electron chi connectivity index (χ2n) is 7.19. The molecule has 0 radical (unpaired) electrons. The van der Waals surface area contributed by atoms with E-state index in [1.807, 2.05) is 23.7 Å². The van der Waals surface area contributed by atoms with E-state index >= 15 is 0 Å². The van der Waals surface area contributed by atoms with Crippen LogP contribution in [0.1, 0.15) is 54.1 Å². The van der Waals surface area contributed by atoms with Gasteiger partial charge in [0.2, 0.25) is 0 Å². The average molecular weight is 370 g/mol. The number of hydrogen-bond acceptors (Lipinski definition) is 4. The highest BCUT2D eigenvalue weighted by atomic mass is 16.4. The molecule has 1 heterocycles. The minimum atomic E-state index is -0.934. The molecule has 0 spiro atoms. The second kappa shape index (κ2) is 8.35. The lowest BCUT2D eigenvalue weighted by Gasteiger charge is -2.24. The van der Waals surface area contributed by atoms with Gasteiger partial charge in [0, 0.05) is 42.9 Å². The lowest BCUT2D eigenvalue weighted by Crippen LogP contribution is -2.25. The smallest absolute Gasteiger partial charge is 0.305 e. The Hall–Kier alpha value is -2.67. The summed E-state index contributed by atoms with van der Waals surface area (Å²) in [5.41, 5.74) is 8.55. The third kappa shape index (κ3) is 4.74. The standard InChI is InChI=1S/C20H26N4O3/c1-24-12-17(13-6-8-16(21)9-7-13)23-19(24)14-2-4-15(5-3-14)20(27)22-11-10-18(25)26/h2-5,12-13,16H,6-11,21H2,1H3,(H,22,27)(H,25,26). The van der Waals surface area contributed by atoms with Crippen molar-refractivity contribution in [2.45, 2.75) is 44.1 Å². The van der Waals surface area contributed by atoms with E-state index in [-0.39, 0.29) is 18.9 Å². The van der Waals surface area contributed by atoms with Gasteiger partial charge in [0.1, 0.15) is 5.82 Å². The number of carbonyl (C=O) groups excluding carboxylic acids is 1. The summed E-state index contributed by atoms with van der Waals surface area (Å²) in [6.45, 7) is 0.115. The van der Waals surface area contributed by atoms with Crippen molar-refractivity contribution in [3.8, 4) is 11.4 Å². The van der Waals surface area contributed by atoms with Crippen LogP contribution in [0, 0.1) is 0 Å². The molecule has 0 unspecified atom stereocenters. The third-order valence-electron chi connectivity index (χ3n) is 5.11. The number of nitrogens with zero attached hydrogens (tertiary/aromatic N) is 2. The molecular weight excluding hydrogens is 344 g/mol. The first-order valence-corrected chi connectivity index (χ1v) is 9.33. The molecule has 1 aromatic carbocycles. The lowest BCUT2D eigenvalue weighted by atomic mass is 9.85. The van der Waals surface area contributed by atoms with Crippen LogP contribution in [0.3, 0.4) is 0 Å². The summed E-state index contributed by atoms with van der Waals surface area (Å²) in [4.78, 5) is 27.4. The number of aliphatic carboxylic acids is 1. The molecule has 1 saturated carbocycles. The molecule has 0 saturated heterocycles. The maximum Gasteiger partial charge on any atom is 0.305 e. The van der Waals surface area contributed by atoms with Crippen LogP contribution in [-0.2, 0) is 11.8 Å². The first-order chi connectivity index (χ1) is 12.9. The number of benzene rings is 1. The summed E-state index contributed by atoms with van der Waals surface area (Å²) >= 11 is 0. The molecule has 7 heteroatoms. The Morgan fingerprint density at radius 1 is 1.22 bits per heavy atom. The van der Waals surface area contributed by atoms with Gasteiger partial charge in [-0.2, -0.15) is 0 Å². The van der Waals surface area contributed by atoms with Gasteiger partial charge in [0.25, 0.3) is 5.91 Å². The number of carbonyl (C=O) groups is 2. The number of aromatic nitrogens is 2. The number of nitrogens with one attached hydrogen (secondary N) is 1. The Morgan fingerprint density at radius 2 is 1.89 bits per heavy atom. The first-order valence-electron chi connectivity index (χ1n) is 9.33. The molecule has 2 aromatic rings. The SMILES string of the molecule is Cn1cc(C2CCC(N)CC2)nc1-c1ccc(C(=O)NCCC(=O)O)cc1. The van der Waals surface area contributed by atoms with Gasteiger partial charge in [-0.15, -0.1) is 0 Å². The van der Waals surface area contributed by atoms with Crippen LogP contribution >= 0.6 is 0 Å². The van der Waals surface area contributed by atoms with Crippen molar-refractivity contribution in [2.75, 3.05) is 6.54 Å². The predicted octanol–water partition coefficient (Wildman–Crippen LogP) is 2.28. The van der Waals surface area contributed by atoms with Gasteiger partial charge < -0.3 is 20.7 Å². The maximum atomic E-state index is 12.0. The average Bonchev–Trinajstić information content (AvgIpc) is 3.04. The zero-order chi connectivity index (χ0) is 19.4. The number of rotatable bonds is 6. The van der Waals surface area contributed by atoms with Crippen LogP contribution in [0.2, 0.25) is 0 Å². The Kier molecular flexibility index (Phi) is 5.91. The normalized spacial score (nSPS) is 19.6. The highest BCUT2D eigenvalue weighted by Crippen LogP contribution is 2.33. The Balaban J connectivity index is 1.68. The van der Waals surface area contributed by atoms with Crippen LogP contribution in [0.15, 0.2) is 30.5 Å². The summed E-state index contributed by atoms with van der Waals surface area (Å²) in [6.07, 6.45) is 6.24. The van der Waals surface area contributed by atoms with Crippen molar-refractivity contribution in [2.24, 2.45) is 12.8 Å². The summed E-state index contributed by atoms with van der Waals surface area (Å²) in [7, 11) is 1.98. The summed E-state index contributed by atoms with van der Waals surface area (Å²) in [5, 5.41) is 11.2. The first kappa shape index (κ1) is 19.1. The van der Waals surface area contributed by atoms with E-state index in [0.29, 0.717) is 17.5 Å². The summed E-state index contributed by atoms with van der Waals surface area (Å²) in [6, 6.07) is 7.53. The van der Waals surface area contributed by atoms with Crippen molar-refractivity contribution in [3.63, 3.8) is 0 Å². The quantitative estimate of drug-likeness (QED) is 0.722. The molecule has 1 fully saturated rings. The Morgan fingerprint density at radius 3 is 2.52 bits per heavy atom. The molecule has 0 atom stereocenters. The van der Waals surface area contributed by atoms with Crippen molar-refractivity contribution < 1.29 is 14.7 Å². The Bertz CT molecular complexity index is 805. The lowest BCUT2D eigenvalue weighted by molar-refractivity contribution is -0.136. The van der Waals surface area contributed by atoms with E-state index in [4.69, 9.17) is 15.8 Å². The van der Waals surface area contributed by atoms with Crippen LogP contribution in [0.5, 0.6) is 0 Å². The van der Waals surface area contributed by atoms with Crippen LogP contribution in [0.25, 0.3) is 11.4 Å². The van der Waals surface area contributed by atoms with E-state index < -0.39 is 5.97 Å². The maximum absolute atomic E-state index is 12.0. The zero-order valence-corrected chi connectivity index (χ0v) is 15.5. The number of carboxylic acid groups (broad SMARTS) is 1. The second-order valence-corrected chi connectivity index (χ2v) is 7.19. The predicted molar refractivity (Wildman–Crippen MR) is 102 cm³/mol. The van der Waals surface area contributed by atoms with Crippen LogP contribution in [0.4, 0.5) is 0 Å². The highest BCUT2D eigenvalue weighted by Gasteiger charge is 2.23. The molecule has 3 rings (SSSR count). The molecule has 1 amide bonds. The number of imidazole rings is 1. The fraction of sp³-hybridized carbons (Fsp3) is 0.450. The van der Waals surface area contributed by atoms with Gasteiger partial charge in [-0.1, -0.05) is 12.1 Å². The van der Waals surface area contributed by atoms with E-state index in [1.54, 1.807) is 12.1 Å². The molecule has 0 aliphatic heterocycles. The van der Waals surface area contributed by atoms with Crippen molar-refractivity contribution in [3.05, 3.63) is 41.7 Å². The zero-order valence-electron chi connectivity index (χ0n) is 15.5. The number of hydrogen-bond donors (Lipinski definition) is 3. The van der Waals surface area contributed by atoms with E-state index in [1.165, 1.54) is 0 Å². The van der Waals surface area contributed by atoms with E-state index in [0.717, 1.165) is 42.8 Å². The monoisotopic (exact) mass is 370 g/mol. The highest BCUT2D eigenvalue weighted by molar-refractivity contribution is 5.94. The minimum Gasteiger partial charge on any atom is -0.481 e. The van der Waals surface area contributed by atoms with E-state index in [2.05, 4.69) is 11.5 Å². The van der Waals surface area contributed by atoms with Crippen molar-refractivity contribution >= 4 is 11.9 Å². The third-order valence-corrected chi connectivity index (χ3v) is 5.11. The van der Waals surface area contributed by atoms with Gasteiger partial charge in [-0.05, 0) is 37.8 Å². The van der Waals surface area contributed by atoms with Gasteiger partial charge in [-0.25, -0.2) is 4.98 Å². The largest absolute Gasteiger partial charge is 0.481 e. The number of carboxylic acids is 1.